The van der Waals surface area contributed by atoms with Gasteiger partial charge in [-0.05, 0) is 68.2 Å². The Kier molecular flexibility index (Phi) is 4.28. The molecule has 1 amide bonds. The van der Waals surface area contributed by atoms with Gasteiger partial charge >= 0.3 is 5.97 Å². The topological polar surface area (TPSA) is 104 Å². The van der Waals surface area contributed by atoms with Crippen molar-refractivity contribution in [2.45, 2.75) is 51.7 Å². The van der Waals surface area contributed by atoms with E-state index in [9.17, 15) is 14.7 Å². The Balaban J connectivity index is 1.49. The minimum absolute atomic E-state index is 0.0228. The zero-order valence-electron chi connectivity index (χ0n) is 16.6. The van der Waals surface area contributed by atoms with E-state index >= 15 is 4.39 Å². The zero-order valence-corrected chi connectivity index (χ0v) is 16.6. The largest absolute Gasteiger partial charge is 0.481 e. The van der Waals surface area contributed by atoms with Gasteiger partial charge in [-0.15, -0.1) is 0 Å². The van der Waals surface area contributed by atoms with Gasteiger partial charge in [0.25, 0.3) is 0 Å². The van der Waals surface area contributed by atoms with Crippen LogP contribution in [0.2, 0.25) is 0 Å². The molecular formula is C21H28FN3O4. The van der Waals surface area contributed by atoms with Crippen molar-refractivity contribution in [1.29, 1.82) is 0 Å². The predicted octanol–water partition coefficient (Wildman–Crippen LogP) is 2.05. The van der Waals surface area contributed by atoms with E-state index in [0.29, 0.717) is 12.2 Å². The molecule has 1 aromatic heterocycles. The highest BCUT2D eigenvalue weighted by molar-refractivity contribution is 5.87. The van der Waals surface area contributed by atoms with Crippen molar-refractivity contribution in [3.05, 3.63) is 17.5 Å². The van der Waals surface area contributed by atoms with Gasteiger partial charge in [0, 0.05) is 12.6 Å². The van der Waals surface area contributed by atoms with Crippen LogP contribution in [0.15, 0.2) is 10.6 Å². The molecule has 8 heteroatoms. The third-order valence-electron chi connectivity index (χ3n) is 8.39. The summed E-state index contributed by atoms with van der Waals surface area (Å²) in [6, 6.07) is 1.75. The highest BCUT2D eigenvalue weighted by Gasteiger charge is 2.81. The molecule has 158 valence electrons. The Labute approximate surface area is 168 Å². The number of carbonyl (C=O) groups is 2. The minimum atomic E-state index is -1.04. The Bertz CT molecular complexity index is 838. The maximum atomic E-state index is 15.2. The molecule has 0 aromatic carbocycles. The molecule has 1 spiro atoms. The first-order valence-corrected chi connectivity index (χ1v) is 10.7. The van der Waals surface area contributed by atoms with Gasteiger partial charge in [-0.2, -0.15) is 0 Å². The normalized spacial score (nSPS) is 39.6. The van der Waals surface area contributed by atoms with Gasteiger partial charge in [-0.25, -0.2) is 4.39 Å². The van der Waals surface area contributed by atoms with Gasteiger partial charge in [0.15, 0.2) is 5.76 Å². The van der Waals surface area contributed by atoms with Crippen LogP contribution >= 0.6 is 0 Å². The molecule has 3 aliphatic carbocycles. The van der Waals surface area contributed by atoms with Gasteiger partial charge in [0.2, 0.25) is 5.91 Å². The van der Waals surface area contributed by atoms with E-state index in [0.717, 1.165) is 37.9 Å². The number of carbonyl (C=O) groups excluding carboxylic acids is 1. The molecule has 3 N–H and O–H groups in total. The number of amides is 1. The third-order valence-corrected chi connectivity index (χ3v) is 8.39. The smallest absolute Gasteiger partial charge is 0.307 e. The molecule has 2 bridgehead atoms. The van der Waals surface area contributed by atoms with Crippen LogP contribution in [-0.4, -0.2) is 41.4 Å². The Morgan fingerprint density at radius 2 is 2.14 bits per heavy atom. The number of rotatable bonds is 5. The van der Waals surface area contributed by atoms with Crippen molar-refractivity contribution in [3.63, 3.8) is 0 Å². The minimum Gasteiger partial charge on any atom is -0.481 e. The molecule has 2 heterocycles. The molecule has 5 rings (SSSR count). The number of hydrogen-bond acceptors (Lipinski definition) is 5. The van der Waals surface area contributed by atoms with E-state index < -0.39 is 29.4 Å². The summed E-state index contributed by atoms with van der Waals surface area (Å²) in [7, 11) is 0. The predicted molar refractivity (Wildman–Crippen MR) is 100 cm³/mol. The fourth-order valence-electron chi connectivity index (χ4n) is 7.46. The average Bonchev–Trinajstić information content (AvgIpc) is 3.23. The molecule has 1 saturated heterocycles. The lowest BCUT2D eigenvalue weighted by atomic mass is 9.57. The molecule has 0 radical (unpaired) electrons. The van der Waals surface area contributed by atoms with Gasteiger partial charge in [0.1, 0.15) is 6.17 Å². The van der Waals surface area contributed by atoms with Gasteiger partial charge in [0.05, 0.1) is 24.1 Å². The molecular weight excluding hydrogens is 377 g/mol. The summed E-state index contributed by atoms with van der Waals surface area (Å²) in [5.74, 6) is -2.36. The second-order valence-corrected chi connectivity index (χ2v) is 9.45. The van der Waals surface area contributed by atoms with E-state index in [1.807, 2.05) is 0 Å². The van der Waals surface area contributed by atoms with Crippen molar-refractivity contribution in [1.82, 2.24) is 15.8 Å². The van der Waals surface area contributed by atoms with Crippen LogP contribution in [0.4, 0.5) is 4.39 Å². The molecule has 6 atom stereocenters. The van der Waals surface area contributed by atoms with E-state index in [-0.39, 0.29) is 36.2 Å². The maximum Gasteiger partial charge on any atom is 0.307 e. The van der Waals surface area contributed by atoms with Crippen molar-refractivity contribution < 1.29 is 23.6 Å². The lowest BCUT2D eigenvalue weighted by Crippen LogP contribution is -2.55. The number of hydrogen-bond donors (Lipinski definition) is 3. The molecule has 3 saturated carbocycles. The Morgan fingerprint density at radius 1 is 1.34 bits per heavy atom. The summed E-state index contributed by atoms with van der Waals surface area (Å²) < 4.78 is 20.4. The van der Waals surface area contributed by atoms with Crippen LogP contribution < -0.4 is 10.6 Å². The molecule has 2 unspecified atom stereocenters. The maximum absolute atomic E-state index is 15.2. The highest BCUT2D eigenvalue weighted by Crippen LogP contribution is 2.83. The molecule has 4 aliphatic rings. The number of piperidine rings is 1. The molecule has 29 heavy (non-hydrogen) atoms. The van der Waals surface area contributed by atoms with Crippen LogP contribution in [0, 0.1) is 41.4 Å². The van der Waals surface area contributed by atoms with Crippen molar-refractivity contribution >= 4 is 11.9 Å². The molecule has 1 aromatic rings. The fraction of sp³-hybridized carbons (Fsp3) is 0.762. The van der Waals surface area contributed by atoms with Gasteiger partial charge in [-0.1, -0.05) is 5.16 Å². The van der Waals surface area contributed by atoms with Crippen LogP contribution in [0.3, 0.4) is 0 Å². The third kappa shape index (κ3) is 2.54. The Morgan fingerprint density at radius 3 is 2.76 bits per heavy atom. The highest BCUT2D eigenvalue weighted by atomic mass is 19.1. The van der Waals surface area contributed by atoms with E-state index in [1.165, 1.54) is 0 Å². The van der Waals surface area contributed by atoms with Crippen LogP contribution in [-0.2, 0) is 16.1 Å². The van der Waals surface area contributed by atoms with E-state index in [1.54, 1.807) is 13.0 Å². The zero-order chi connectivity index (χ0) is 20.4. The first kappa shape index (κ1) is 19.0. The number of nitrogens with one attached hydrogen (secondary N) is 2. The number of halogens is 1. The number of aryl methyl sites for hydroxylation is 1. The summed E-state index contributed by atoms with van der Waals surface area (Å²) >= 11 is 0. The molecule has 4 fully saturated rings. The summed E-state index contributed by atoms with van der Waals surface area (Å²) in [6.45, 7) is 2.98. The van der Waals surface area contributed by atoms with Gasteiger partial charge in [-0.3, -0.25) is 9.59 Å². The molecule has 7 nitrogen and oxygen atoms in total. The second kappa shape index (κ2) is 6.52. The number of alkyl halides is 1. The monoisotopic (exact) mass is 405 g/mol. The number of aliphatic carboxylic acids is 1. The summed E-state index contributed by atoms with van der Waals surface area (Å²) in [6.07, 6.45) is 3.00. The summed E-state index contributed by atoms with van der Waals surface area (Å²) in [5, 5.41) is 19.9. The van der Waals surface area contributed by atoms with E-state index in [4.69, 9.17) is 4.52 Å². The standard InChI is InChI=1S/C21H28FN3O4/c1-11-8-12(29-25-11)9-24-18(26)17-16(19(27)28)14-2-4-21(17,20(14)5-6-20)13-3-7-23-10-15(13)22/h8,13-17,23H,2-7,9-10H2,1H3,(H,24,26)(H,27,28)/t13?,14-,15?,16-,17+,21-/m1/s1. The number of carboxylic acids is 1. The summed E-state index contributed by atoms with van der Waals surface area (Å²) in [5.41, 5.74) is -0.00219. The number of carboxylic acid groups (broad SMARTS) is 1. The van der Waals surface area contributed by atoms with E-state index in [2.05, 4.69) is 15.8 Å². The Hall–Kier alpha value is -1.96. The first-order chi connectivity index (χ1) is 13.9. The van der Waals surface area contributed by atoms with Crippen LogP contribution in [0.5, 0.6) is 0 Å². The van der Waals surface area contributed by atoms with Crippen molar-refractivity contribution in [2.24, 2.45) is 34.5 Å². The average molecular weight is 405 g/mol. The second-order valence-electron chi connectivity index (χ2n) is 9.45. The first-order valence-electron chi connectivity index (χ1n) is 10.7. The molecule has 1 aliphatic heterocycles. The summed E-state index contributed by atoms with van der Waals surface area (Å²) in [4.78, 5) is 25.7. The SMILES string of the molecule is Cc1cc(CNC(=O)[C@@H]2[C@H](C(=O)O)[C@H]3CC[C@]2(C2CCNCC2F)C32CC2)on1. The fourth-order valence-corrected chi connectivity index (χ4v) is 7.46. The van der Waals surface area contributed by atoms with Crippen molar-refractivity contribution in [3.8, 4) is 0 Å². The lowest BCUT2D eigenvalue weighted by Gasteiger charge is -2.48. The van der Waals surface area contributed by atoms with Crippen LogP contribution in [0.1, 0.15) is 43.6 Å². The van der Waals surface area contributed by atoms with Crippen molar-refractivity contribution in [2.75, 3.05) is 13.1 Å². The lowest BCUT2D eigenvalue weighted by molar-refractivity contribution is -0.154. The number of nitrogens with zero attached hydrogens (tertiary/aromatic N) is 1. The quantitative estimate of drug-likeness (QED) is 0.693. The van der Waals surface area contributed by atoms with Gasteiger partial charge < -0.3 is 20.3 Å². The van der Waals surface area contributed by atoms with Crippen LogP contribution in [0.25, 0.3) is 0 Å². The number of aromatic nitrogens is 1.